The Balaban J connectivity index is 1.59. The van der Waals surface area contributed by atoms with Crippen LogP contribution in [0.15, 0.2) is 22.8 Å². The minimum absolute atomic E-state index is 0.201. The van der Waals surface area contributed by atoms with Crippen LogP contribution in [0.1, 0.15) is 39.8 Å². The second-order valence-corrected chi connectivity index (χ2v) is 4.99. The monoisotopic (exact) mass is 271 g/mol. The third-order valence-electron chi connectivity index (χ3n) is 3.57. The molecule has 2 aromatic heterocycles. The SMILES string of the molecule is Cc1nc(CCNC(=O)c2ccco2)nc2c1CCC2. The van der Waals surface area contributed by atoms with Crippen molar-refractivity contribution in [3.8, 4) is 0 Å². The van der Waals surface area contributed by atoms with Crippen molar-refractivity contribution >= 4 is 5.91 Å². The molecular formula is C15H17N3O2. The van der Waals surface area contributed by atoms with Crippen molar-refractivity contribution < 1.29 is 9.21 Å². The van der Waals surface area contributed by atoms with E-state index >= 15 is 0 Å². The van der Waals surface area contributed by atoms with Crippen molar-refractivity contribution in [1.29, 1.82) is 0 Å². The molecule has 0 radical (unpaired) electrons. The molecule has 3 rings (SSSR count). The molecule has 0 bridgehead atoms. The van der Waals surface area contributed by atoms with Crippen molar-refractivity contribution in [3.63, 3.8) is 0 Å². The number of fused-ring (bicyclic) bond motifs is 1. The van der Waals surface area contributed by atoms with Crippen LogP contribution in [-0.4, -0.2) is 22.4 Å². The molecule has 2 aromatic rings. The summed E-state index contributed by atoms with van der Waals surface area (Å²) in [5.74, 6) is 0.937. The standard InChI is InChI=1S/C15H17N3O2/c1-10-11-4-2-5-12(11)18-14(17-10)7-8-16-15(19)13-6-3-9-20-13/h3,6,9H,2,4-5,7-8H2,1H3,(H,16,19). The number of aryl methyl sites for hydroxylation is 2. The third kappa shape index (κ3) is 2.57. The summed E-state index contributed by atoms with van der Waals surface area (Å²) in [4.78, 5) is 20.8. The Kier molecular flexibility index (Phi) is 3.50. The normalized spacial score (nSPS) is 13.2. The highest BCUT2D eigenvalue weighted by Crippen LogP contribution is 2.22. The largest absolute Gasteiger partial charge is 0.459 e. The fourth-order valence-electron chi connectivity index (χ4n) is 2.58. The maximum atomic E-state index is 11.7. The van der Waals surface area contributed by atoms with Crippen molar-refractivity contribution in [2.45, 2.75) is 32.6 Å². The number of carbonyl (C=O) groups excluding carboxylic acids is 1. The van der Waals surface area contributed by atoms with Crippen LogP contribution in [0, 0.1) is 6.92 Å². The summed E-state index contributed by atoms with van der Waals surface area (Å²) in [6.45, 7) is 2.55. The molecule has 0 atom stereocenters. The second kappa shape index (κ2) is 5.45. The molecule has 1 aliphatic carbocycles. The van der Waals surface area contributed by atoms with Gasteiger partial charge in [0.1, 0.15) is 5.82 Å². The van der Waals surface area contributed by atoms with Crippen LogP contribution >= 0.6 is 0 Å². The van der Waals surface area contributed by atoms with E-state index in [1.54, 1.807) is 12.1 Å². The topological polar surface area (TPSA) is 68.0 Å². The Morgan fingerprint density at radius 3 is 3.10 bits per heavy atom. The van der Waals surface area contributed by atoms with Gasteiger partial charge in [0, 0.05) is 24.4 Å². The maximum Gasteiger partial charge on any atom is 0.286 e. The lowest BCUT2D eigenvalue weighted by atomic mass is 10.2. The van der Waals surface area contributed by atoms with Gasteiger partial charge in [-0.3, -0.25) is 4.79 Å². The molecule has 5 heteroatoms. The van der Waals surface area contributed by atoms with E-state index in [1.165, 1.54) is 23.9 Å². The van der Waals surface area contributed by atoms with Crippen LogP contribution in [0.5, 0.6) is 0 Å². The summed E-state index contributed by atoms with van der Waals surface area (Å²) >= 11 is 0. The zero-order valence-corrected chi connectivity index (χ0v) is 11.5. The zero-order valence-electron chi connectivity index (χ0n) is 11.5. The number of hydrogen-bond donors (Lipinski definition) is 1. The molecule has 0 aromatic carbocycles. The van der Waals surface area contributed by atoms with E-state index in [2.05, 4.69) is 15.3 Å². The third-order valence-corrected chi connectivity index (χ3v) is 3.57. The van der Waals surface area contributed by atoms with E-state index in [9.17, 15) is 4.79 Å². The van der Waals surface area contributed by atoms with Crippen molar-refractivity contribution in [1.82, 2.24) is 15.3 Å². The maximum absolute atomic E-state index is 11.7. The van der Waals surface area contributed by atoms with Gasteiger partial charge in [0.2, 0.25) is 0 Å². The predicted octanol–water partition coefficient (Wildman–Crippen LogP) is 1.84. The van der Waals surface area contributed by atoms with Gasteiger partial charge in [-0.15, -0.1) is 0 Å². The lowest BCUT2D eigenvalue weighted by Crippen LogP contribution is -2.26. The van der Waals surface area contributed by atoms with Gasteiger partial charge in [-0.05, 0) is 43.9 Å². The number of nitrogens with one attached hydrogen (secondary N) is 1. The van der Waals surface area contributed by atoms with Gasteiger partial charge in [-0.2, -0.15) is 0 Å². The average Bonchev–Trinajstić information content (AvgIpc) is 3.09. The number of hydrogen-bond acceptors (Lipinski definition) is 4. The number of rotatable bonds is 4. The Bertz CT molecular complexity index is 620. The molecule has 0 spiro atoms. The molecule has 20 heavy (non-hydrogen) atoms. The van der Waals surface area contributed by atoms with E-state index in [0.717, 1.165) is 24.4 Å². The zero-order chi connectivity index (χ0) is 13.9. The van der Waals surface area contributed by atoms with Gasteiger partial charge in [0.25, 0.3) is 5.91 Å². The number of carbonyl (C=O) groups is 1. The lowest BCUT2D eigenvalue weighted by Gasteiger charge is -2.07. The van der Waals surface area contributed by atoms with Gasteiger partial charge in [-0.25, -0.2) is 9.97 Å². The summed E-state index contributed by atoms with van der Waals surface area (Å²) < 4.78 is 5.03. The van der Waals surface area contributed by atoms with Crippen molar-refractivity contribution in [2.24, 2.45) is 0 Å². The number of amides is 1. The van der Waals surface area contributed by atoms with Crippen LogP contribution in [0.4, 0.5) is 0 Å². The minimum atomic E-state index is -0.201. The lowest BCUT2D eigenvalue weighted by molar-refractivity contribution is 0.0926. The van der Waals surface area contributed by atoms with E-state index < -0.39 is 0 Å². The highest BCUT2D eigenvalue weighted by molar-refractivity contribution is 5.91. The Morgan fingerprint density at radius 2 is 2.30 bits per heavy atom. The molecular weight excluding hydrogens is 254 g/mol. The number of furan rings is 1. The first-order chi connectivity index (χ1) is 9.74. The molecule has 1 aliphatic rings. The van der Waals surface area contributed by atoms with Crippen LogP contribution in [0.25, 0.3) is 0 Å². The van der Waals surface area contributed by atoms with E-state index in [0.29, 0.717) is 18.7 Å². The van der Waals surface area contributed by atoms with Crippen molar-refractivity contribution in [3.05, 3.63) is 46.9 Å². The summed E-state index contributed by atoms with van der Waals surface area (Å²) in [5.41, 5.74) is 3.58. The molecule has 0 aliphatic heterocycles. The number of aromatic nitrogens is 2. The van der Waals surface area contributed by atoms with Crippen LogP contribution in [0.3, 0.4) is 0 Å². The summed E-state index contributed by atoms with van der Waals surface area (Å²) in [6, 6.07) is 3.34. The predicted molar refractivity (Wildman–Crippen MR) is 73.5 cm³/mol. The first kappa shape index (κ1) is 12.8. The quantitative estimate of drug-likeness (QED) is 0.921. The highest BCUT2D eigenvalue weighted by atomic mass is 16.3. The fourth-order valence-corrected chi connectivity index (χ4v) is 2.58. The minimum Gasteiger partial charge on any atom is -0.459 e. The summed E-state index contributed by atoms with van der Waals surface area (Å²) in [7, 11) is 0. The Morgan fingerprint density at radius 1 is 1.40 bits per heavy atom. The van der Waals surface area contributed by atoms with Crippen molar-refractivity contribution in [2.75, 3.05) is 6.54 Å². The molecule has 5 nitrogen and oxygen atoms in total. The molecule has 0 saturated heterocycles. The first-order valence-electron chi connectivity index (χ1n) is 6.91. The molecule has 104 valence electrons. The number of nitrogens with zero attached hydrogens (tertiary/aromatic N) is 2. The Labute approximate surface area is 117 Å². The average molecular weight is 271 g/mol. The first-order valence-corrected chi connectivity index (χ1v) is 6.91. The molecule has 0 fully saturated rings. The second-order valence-electron chi connectivity index (χ2n) is 4.99. The molecule has 0 saturated carbocycles. The molecule has 0 unspecified atom stereocenters. The van der Waals surface area contributed by atoms with Crippen LogP contribution in [0.2, 0.25) is 0 Å². The summed E-state index contributed by atoms with van der Waals surface area (Å²) in [6.07, 6.45) is 5.44. The molecule has 2 heterocycles. The van der Waals surface area contributed by atoms with Gasteiger partial charge in [-0.1, -0.05) is 0 Å². The van der Waals surface area contributed by atoms with E-state index in [4.69, 9.17) is 4.42 Å². The van der Waals surface area contributed by atoms with Gasteiger partial charge < -0.3 is 9.73 Å². The fraction of sp³-hybridized carbons (Fsp3) is 0.400. The van der Waals surface area contributed by atoms with Crippen LogP contribution in [-0.2, 0) is 19.3 Å². The van der Waals surface area contributed by atoms with E-state index in [-0.39, 0.29) is 5.91 Å². The highest BCUT2D eigenvalue weighted by Gasteiger charge is 2.17. The van der Waals surface area contributed by atoms with Gasteiger partial charge in [0.05, 0.1) is 6.26 Å². The molecule has 1 N–H and O–H groups in total. The van der Waals surface area contributed by atoms with Gasteiger partial charge >= 0.3 is 0 Å². The Hall–Kier alpha value is -2.17. The smallest absolute Gasteiger partial charge is 0.286 e. The van der Waals surface area contributed by atoms with Gasteiger partial charge in [0.15, 0.2) is 5.76 Å². The molecule has 1 amide bonds. The van der Waals surface area contributed by atoms with E-state index in [1.807, 2.05) is 6.92 Å². The summed E-state index contributed by atoms with van der Waals surface area (Å²) in [5, 5.41) is 2.81. The van der Waals surface area contributed by atoms with Crippen LogP contribution < -0.4 is 5.32 Å².